The van der Waals surface area contributed by atoms with Crippen LogP contribution in [0.2, 0.25) is 0 Å². The molecule has 1 atom stereocenters. The second-order valence-electron chi connectivity index (χ2n) is 3.53. The molecule has 0 aliphatic carbocycles. The first-order chi connectivity index (χ1) is 7.13. The van der Waals surface area contributed by atoms with Crippen molar-refractivity contribution in [2.24, 2.45) is 0 Å². The van der Waals surface area contributed by atoms with E-state index in [1.165, 1.54) is 6.07 Å². The van der Waals surface area contributed by atoms with Crippen LogP contribution in [-0.2, 0) is 6.54 Å². The number of benzene rings is 1. The Kier molecular flexibility index (Phi) is 4.65. The van der Waals surface area contributed by atoms with E-state index < -0.39 is 11.6 Å². The first-order valence-corrected chi connectivity index (χ1v) is 4.91. The number of nitrogens with one attached hydrogen (secondary N) is 1. The van der Waals surface area contributed by atoms with Crippen LogP contribution in [0.3, 0.4) is 0 Å². The molecule has 84 valence electrons. The number of halogens is 2. The molecule has 0 fully saturated rings. The van der Waals surface area contributed by atoms with Gasteiger partial charge in [0.25, 0.3) is 0 Å². The molecule has 2 N–H and O–H groups in total. The van der Waals surface area contributed by atoms with Crippen LogP contribution in [-0.4, -0.2) is 17.8 Å². The van der Waals surface area contributed by atoms with Gasteiger partial charge in [-0.3, -0.25) is 0 Å². The van der Waals surface area contributed by atoms with E-state index >= 15 is 0 Å². The van der Waals surface area contributed by atoms with E-state index in [1.807, 2.05) is 6.92 Å². The Morgan fingerprint density at radius 3 is 2.80 bits per heavy atom. The van der Waals surface area contributed by atoms with Gasteiger partial charge in [0.15, 0.2) is 0 Å². The number of hydrogen-bond donors (Lipinski definition) is 2. The van der Waals surface area contributed by atoms with Gasteiger partial charge < -0.3 is 10.4 Å². The van der Waals surface area contributed by atoms with Gasteiger partial charge in [-0.1, -0.05) is 0 Å². The number of hydrogen-bond acceptors (Lipinski definition) is 2. The van der Waals surface area contributed by atoms with E-state index in [0.29, 0.717) is 12.0 Å². The lowest BCUT2D eigenvalue weighted by Gasteiger charge is -2.12. The van der Waals surface area contributed by atoms with Gasteiger partial charge in [0.05, 0.1) is 0 Å². The average molecular weight is 215 g/mol. The summed E-state index contributed by atoms with van der Waals surface area (Å²) in [6.07, 6.45) is 0.594. The van der Waals surface area contributed by atoms with Gasteiger partial charge >= 0.3 is 0 Å². The summed E-state index contributed by atoms with van der Waals surface area (Å²) < 4.78 is 25.9. The van der Waals surface area contributed by atoms with Crippen molar-refractivity contribution in [3.63, 3.8) is 0 Å². The zero-order chi connectivity index (χ0) is 11.3. The number of rotatable bonds is 5. The summed E-state index contributed by atoms with van der Waals surface area (Å²) in [5.74, 6) is -0.858. The monoisotopic (exact) mass is 215 g/mol. The molecule has 0 saturated heterocycles. The van der Waals surface area contributed by atoms with Crippen LogP contribution in [0.1, 0.15) is 18.9 Å². The quantitative estimate of drug-likeness (QED) is 0.785. The van der Waals surface area contributed by atoms with E-state index in [9.17, 15) is 8.78 Å². The SMILES string of the molecule is CC(CCO)NCc1cc(F)ccc1F. The van der Waals surface area contributed by atoms with E-state index in [4.69, 9.17) is 5.11 Å². The standard InChI is InChI=1S/C11H15F2NO/c1-8(4-5-15)14-7-9-6-10(12)2-3-11(9)13/h2-3,6,8,14-15H,4-5,7H2,1H3. The first-order valence-electron chi connectivity index (χ1n) is 4.91. The zero-order valence-corrected chi connectivity index (χ0v) is 8.63. The molecule has 1 unspecified atom stereocenters. The second kappa shape index (κ2) is 5.78. The van der Waals surface area contributed by atoms with Gasteiger partial charge in [-0.05, 0) is 31.5 Å². The normalized spacial score (nSPS) is 12.8. The van der Waals surface area contributed by atoms with E-state index in [0.717, 1.165) is 12.1 Å². The molecule has 0 spiro atoms. The molecule has 0 aromatic heterocycles. The highest BCUT2D eigenvalue weighted by Gasteiger charge is 2.05. The third-order valence-corrected chi connectivity index (χ3v) is 2.21. The average Bonchev–Trinajstić information content (AvgIpc) is 2.20. The van der Waals surface area contributed by atoms with Gasteiger partial charge in [-0.25, -0.2) is 8.78 Å². The highest BCUT2D eigenvalue weighted by Crippen LogP contribution is 2.09. The van der Waals surface area contributed by atoms with Crippen molar-refractivity contribution in [3.05, 3.63) is 35.4 Å². The Hall–Kier alpha value is -1.00. The molecule has 0 aliphatic rings. The summed E-state index contributed by atoms with van der Waals surface area (Å²) >= 11 is 0. The lowest BCUT2D eigenvalue weighted by Crippen LogP contribution is -2.26. The predicted octanol–water partition coefficient (Wildman–Crippen LogP) is 1.83. The molecule has 0 bridgehead atoms. The highest BCUT2D eigenvalue weighted by molar-refractivity contribution is 5.18. The van der Waals surface area contributed by atoms with Crippen LogP contribution in [0.15, 0.2) is 18.2 Å². The fourth-order valence-corrected chi connectivity index (χ4v) is 1.26. The molecule has 4 heteroatoms. The minimum absolute atomic E-state index is 0.0812. The minimum Gasteiger partial charge on any atom is -0.396 e. The van der Waals surface area contributed by atoms with E-state index in [1.54, 1.807) is 0 Å². The van der Waals surface area contributed by atoms with E-state index in [-0.39, 0.29) is 19.2 Å². The van der Waals surface area contributed by atoms with Crippen LogP contribution >= 0.6 is 0 Å². The van der Waals surface area contributed by atoms with Crippen molar-refractivity contribution in [2.45, 2.75) is 25.9 Å². The lowest BCUT2D eigenvalue weighted by atomic mass is 10.2. The second-order valence-corrected chi connectivity index (χ2v) is 3.53. The maximum atomic E-state index is 13.1. The van der Waals surface area contributed by atoms with Crippen LogP contribution in [0.25, 0.3) is 0 Å². The Balaban J connectivity index is 2.53. The first kappa shape index (κ1) is 12.1. The fourth-order valence-electron chi connectivity index (χ4n) is 1.26. The van der Waals surface area contributed by atoms with Gasteiger partial charge in [0, 0.05) is 24.8 Å². The molecule has 0 saturated carbocycles. The fraction of sp³-hybridized carbons (Fsp3) is 0.455. The molecule has 1 aromatic carbocycles. The summed E-state index contributed by atoms with van der Waals surface area (Å²) in [6, 6.07) is 3.46. The lowest BCUT2D eigenvalue weighted by molar-refractivity contribution is 0.268. The molecule has 0 radical (unpaired) electrons. The largest absolute Gasteiger partial charge is 0.396 e. The minimum atomic E-state index is -0.442. The number of aliphatic hydroxyl groups excluding tert-OH is 1. The summed E-state index contributed by atoms with van der Waals surface area (Å²) in [6.45, 7) is 2.23. The Labute approximate surface area is 87.9 Å². The zero-order valence-electron chi connectivity index (χ0n) is 8.63. The molecule has 15 heavy (non-hydrogen) atoms. The third kappa shape index (κ3) is 3.93. The molecule has 1 aromatic rings. The van der Waals surface area contributed by atoms with Gasteiger partial charge in [0.2, 0.25) is 0 Å². The summed E-state index contributed by atoms with van der Waals surface area (Å²) in [5, 5.41) is 11.7. The molecule has 1 rings (SSSR count). The van der Waals surface area contributed by atoms with Crippen LogP contribution in [0.5, 0.6) is 0 Å². The summed E-state index contributed by atoms with van der Waals surface area (Å²) in [5.41, 5.74) is 0.305. The number of aliphatic hydroxyl groups is 1. The molecule has 2 nitrogen and oxygen atoms in total. The molecular weight excluding hydrogens is 200 g/mol. The molecule has 0 heterocycles. The smallest absolute Gasteiger partial charge is 0.127 e. The maximum absolute atomic E-state index is 13.1. The van der Waals surface area contributed by atoms with Crippen molar-refractivity contribution in [1.82, 2.24) is 5.32 Å². The van der Waals surface area contributed by atoms with Gasteiger partial charge in [0.1, 0.15) is 11.6 Å². The van der Waals surface area contributed by atoms with Crippen LogP contribution < -0.4 is 5.32 Å². The molecular formula is C11H15F2NO. The topological polar surface area (TPSA) is 32.3 Å². The van der Waals surface area contributed by atoms with Crippen molar-refractivity contribution in [3.8, 4) is 0 Å². The summed E-state index contributed by atoms with van der Waals surface area (Å²) in [7, 11) is 0. The third-order valence-electron chi connectivity index (χ3n) is 2.21. The van der Waals surface area contributed by atoms with Gasteiger partial charge in [-0.2, -0.15) is 0 Å². The van der Waals surface area contributed by atoms with Crippen molar-refractivity contribution < 1.29 is 13.9 Å². The van der Waals surface area contributed by atoms with Crippen LogP contribution in [0, 0.1) is 11.6 Å². The predicted molar refractivity (Wildman–Crippen MR) is 54.4 cm³/mol. The van der Waals surface area contributed by atoms with E-state index in [2.05, 4.69) is 5.32 Å². The van der Waals surface area contributed by atoms with Crippen molar-refractivity contribution in [2.75, 3.05) is 6.61 Å². The Morgan fingerprint density at radius 1 is 1.40 bits per heavy atom. The maximum Gasteiger partial charge on any atom is 0.127 e. The highest BCUT2D eigenvalue weighted by atomic mass is 19.1. The summed E-state index contributed by atoms with van der Waals surface area (Å²) in [4.78, 5) is 0. The van der Waals surface area contributed by atoms with Crippen molar-refractivity contribution in [1.29, 1.82) is 0 Å². The van der Waals surface area contributed by atoms with Gasteiger partial charge in [-0.15, -0.1) is 0 Å². The molecule has 0 aliphatic heterocycles. The Bertz CT molecular complexity index is 317. The molecule has 0 amide bonds. The Morgan fingerprint density at radius 2 is 2.13 bits per heavy atom. The van der Waals surface area contributed by atoms with Crippen molar-refractivity contribution >= 4 is 0 Å². The van der Waals surface area contributed by atoms with Crippen LogP contribution in [0.4, 0.5) is 8.78 Å².